The van der Waals surface area contributed by atoms with Crippen molar-refractivity contribution in [3.05, 3.63) is 87.7 Å². The lowest BCUT2D eigenvalue weighted by atomic mass is 9.81. The molecule has 0 unspecified atom stereocenters. The number of hydrogen-bond donors (Lipinski definition) is 0. The predicted octanol–water partition coefficient (Wildman–Crippen LogP) is 5.69. The van der Waals surface area contributed by atoms with Gasteiger partial charge in [0.05, 0.1) is 28.2 Å². The molecule has 3 aromatic rings. The van der Waals surface area contributed by atoms with Crippen molar-refractivity contribution >= 4 is 38.8 Å². The Bertz CT molecular complexity index is 1330. The van der Waals surface area contributed by atoms with Crippen LogP contribution in [0.5, 0.6) is 0 Å². The van der Waals surface area contributed by atoms with Gasteiger partial charge in [-0.2, -0.15) is 4.31 Å². The minimum atomic E-state index is -3.26. The molecule has 0 amide bonds. The number of hydrogen-bond acceptors (Lipinski definition) is 3. The van der Waals surface area contributed by atoms with E-state index in [1.54, 1.807) is 18.2 Å². The maximum absolute atomic E-state index is 13.7. The molecule has 1 aromatic heterocycles. The molecule has 4 rings (SSSR count). The molecule has 0 spiro atoms. The first-order valence-corrected chi connectivity index (χ1v) is 13.0. The summed E-state index contributed by atoms with van der Waals surface area (Å²) in [6.45, 7) is 4.80. The summed E-state index contributed by atoms with van der Waals surface area (Å²) in [5.74, 6) is 0.379. The Morgan fingerprint density at radius 2 is 1.76 bits per heavy atom. The number of rotatable bonds is 5. The van der Waals surface area contributed by atoms with Gasteiger partial charge in [0.1, 0.15) is 11.6 Å². The van der Waals surface area contributed by atoms with Gasteiger partial charge < -0.3 is 0 Å². The number of benzene rings is 2. The Hall–Kier alpha value is -2.19. The SMILES string of the molecule is CC(C)(c1ccc(Cl)c(Cl)c1)c1cnc(C2=CCN(S(C)(=O)=O)CC2)n1-c1ccc(F)cc1. The maximum atomic E-state index is 13.7. The number of halogens is 3. The molecular weight excluding hydrogens is 484 g/mol. The molecule has 5 nitrogen and oxygen atoms in total. The fraction of sp³-hybridized carbons (Fsp3) is 0.292. The molecular formula is C24H24Cl2FN3O2S. The second kappa shape index (κ2) is 8.87. The lowest BCUT2D eigenvalue weighted by molar-refractivity contribution is 0.445. The quantitative estimate of drug-likeness (QED) is 0.445. The minimum Gasteiger partial charge on any atom is -0.296 e. The predicted molar refractivity (Wildman–Crippen MR) is 131 cm³/mol. The van der Waals surface area contributed by atoms with E-state index in [9.17, 15) is 12.8 Å². The third-order valence-corrected chi connectivity index (χ3v) is 8.07. The van der Waals surface area contributed by atoms with Crippen LogP contribution in [0.1, 0.15) is 37.4 Å². The number of aromatic nitrogens is 2. The van der Waals surface area contributed by atoms with Gasteiger partial charge in [-0.3, -0.25) is 4.57 Å². The molecule has 0 N–H and O–H groups in total. The average Bonchev–Trinajstić information content (AvgIpc) is 3.21. The van der Waals surface area contributed by atoms with Crippen molar-refractivity contribution in [1.29, 1.82) is 0 Å². The van der Waals surface area contributed by atoms with Gasteiger partial charge in [-0.25, -0.2) is 17.8 Å². The summed E-state index contributed by atoms with van der Waals surface area (Å²) in [4.78, 5) is 4.73. The molecule has 1 aliphatic rings. The van der Waals surface area contributed by atoms with E-state index in [1.807, 2.05) is 29.0 Å². The Kier molecular flexibility index (Phi) is 6.44. The maximum Gasteiger partial charge on any atom is 0.211 e. The van der Waals surface area contributed by atoms with Gasteiger partial charge >= 0.3 is 0 Å². The van der Waals surface area contributed by atoms with E-state index in [0.717, 1.165) is 22.5 Å². The highest BCUT2D eigenvalue weighted by molar-refractivity contribution is 7.88. The smallest absolute Gasteiger partial charge is 0.211 e. The number of nitrogens with zero attached hydrogens (tertiary/aromatic N) is 3. The van der Waals surface area contributed by atoms with Crippen LogP contribution in [0.4, 0.5) is 4.39 Å². The van der Waals surface area contributed by atoms with Crippen molar-refractivity contribution < 1.29 is 12.8 Å². The summed E-state index contributed by atoms with van der Waals surface area (Å²) in [5.41, 5.74) is 3.03. The highest BCUT2D eigenvalue weighted by Crippen LogP contribution is 2.38. The number of imidazole rings is 1. The molecule has 0 bridgehead atoms. The van der Waals surface area contributed by atoms with E-state index in [-0.39, 0.29) is 12.4 Å². The summed E-state index contributed by atoms with van der Waals surface area (Å²) in [6.07, 6.45) is 5.44. The molecule has 2 aromatic carbocycles. The van der Waals surface area contributed by atoms with Gasteiger partial charge in [-0.1, -0.05) is 49.2 Å². The summed E-state index contributed by atoms with van der Waals surface area (Å²) in [6, 6.07) is 11.8. The second-order valence-corrected chi connectivity index (χ2v) is 11.4. The van der Waals surface area contributed by atoms with Crippen LogP contribution < -0.4 is 0 Å². The zero-order valence-corrected chi connectivity index (χ0v) is 20.8. The molecule has 0 atom stereocenters. The van der Waals surface area contributed by atoms with E-state index >= 15 is 0 Å². The van der Waals surface area contributed by atoms with Crippen LogP contribution in [0.3, 0.4) is 0 Å². The molecule has 0 saturated heterocycles. The molecule has 9 heteroatoms. The second-order valence-electron chi connectivity index (χ2n) is 8.63. The summed E-state index contributed by atoms with van der Waals surface area (Å²) in [5, 5.41) is 0.943. The monoisotopic (exact) mass is 507 g/mol. The van der Waals surface area contributed by atoms with Crippen LogP contribution >= 0.6 is 23.2 Å². The van der Waals surface area contributed by atoms with Crippen LogP contribution in [0.2, 0.25) is 10.0 Å². The zero-order chi connectivity index (χ0) is 24.0. The molecule has 174 valence electrons. The van der Waals surface area contributed by atoms with Crippen molar-refractivity contribution in [3.8, 4) is 5.69 Å². The van der Waals surface area contributed by atoms with E-state index in [1.165, 1.54) is 22.7 Å². The van der Waals surface area contributed by atoms with Crippen LogP contribution in [-0.2, 0) is 15.4 Å². The largest absolute Gasteiger partial charge is 0.296 e. The highest BCUT2D eigenvalue weighted by Gasteiger charge is 2.31. The lowest BCUT2D eigenvalue weighted by Crippen LogP contribution is -2.34. The molecule has 33 heavy (non-hydrogen) atoms. The zero-order valence-electron chi connectivity index (χ0n) is 18.5. The molecule has 2 heterocycles. The van der Waals surface area contributed by atoms with Gasteiger partial charge in [0.2, 0.25) is 10.0 Å². The minimum absolute atomic E-state index is 0.288. The first kappa shape index (κ1) is 24.0. The Labute approximate surface area is 203 Å². The molecule has 1 aliphatic heterocycles. The van der Waals surface area contributed by atoms with Crippen LogP contribution in [-0.4, -0.2) is 41.6 Å². The van der Waals surface area contributed by atoms with Gasteiger partial charge in [0, 0.05) is 24.2 Å². The third-order valence-electron chi connectivity index (χ3n) is 6.06. The topological polar surface area (TPSA) is 55.2 Å². The Morgan fingerprint density at radius 3 is 2.33 bits per heavy atom. The average molecular weight is 508 g/mol. The summed E-state index contributed by atoms with van der Waals surface area (Å²) >= 11 is 12.4. The fourth-order valence-electron chi connectivity index (χ4n) is 4.06. The third kappa shape index (κ3) is 4.73. The van der Waals surface area contributed by atoms with E-state index < -0.39 is 15.4 Å². The lowest BCUT2D eigenvalue weighted by Gasteiger charge is -2.29. The molecule has 0 fully saturated rings. The number of sulfonamides is 1. The van der Waals surface area contributed by atoms with Crippen molar-refractivity contribution in [2.45, 2.75) is 25.7 Å². The fourth-order valence-corrected chi connectivity index (χ4v) is 5.12. The first-order valence-electron chi connectivity index (χ1n) is 10.4. The van der Waals surface area contributed by atoms with Crippen LogP contribution in [0.25, 0.3) is 11.3 Å². The first-order chi connectivity index (χ1) is 15.5. The van der Waals surface area contributed by atoms with Gasteiger partial charge in [-0.05, 0) is 54.0 Å². The summed E-state index contributed by atoms with van der Waals surface area (Å²) in [7, 11) is -3.26. The van der Waals surface area contributed by atoms with Gasteiger partial charge in [0.25, 0.3) is 0 Å². The Balaban J connectivity index is 1.85. The van der Waals surface area contributed by atoms with Gasteiger partial charge in [-0.15, -0.1) is 0 Å². The molecule has 0 aliphatic carbocycles. The Morgan fingerprint density at radius 1 is 1.06 bits per heavy atom. The van der Waals surface area contributed by atoms with E-state index in [0.29, 0.717) is 28.8 Å². The highest BCUT2D eigenvalue weighted by atomic mass is 35.5. The summed E-state index contributed by atoms with van der Waals surface area (Å²) < 4.78 is 41.0. The van der Waals surface area contributed by atoms with Crippen molar-refractivity contribution in [3.63, 3.8) is 0 Å². The molecule has 0 saturated carbocycles. The van der Waals surface area contributed by atoms with Gasteiger partial charge in [0.15, 0.2) is 0 Å². The molecule has 0 radical (unpaired) electrons. The van der Waals surface area contributed by atoms with Crippen LogP contribution in [0, 0.1) is 5.82 Å². The van der Waals surface area contributed by atoms with Crippen molar-refractivity contribution in [1.82, 2.24) is 13.9 Å². The van der Waals surface area contributed by atoms with E-state index in [4.69, 9.17) is 28.2 Å². The normalized spacial score (nSPS) is 15.5. The van der Waals surface area contributed by atoms with E-state index in [2.05, 4.69) is 13.8 Å². The van der Waals surface area contributed by atoms with Crippen LogP contribution in [0.15, 0.2) is 54.7 Å². The standard InChI is InChI=1S/C24H24Cl2FN3O2S/c1-24(2,17-4-9-20(25)21(26)14-17)22-15-28-23(30(22)19-7-5-18(27)6-8-19)16-10-12-29(13-11-16)33(3,31)32/h4-10,14-15H,11-13H2,1-3H3. The van der Waals surface area contributed by atoms with Crippen molar-refractivity contribution in [2.24, 2.45) is 0 Å². The van der Waals surface area contributed by atoms with Crippen molar-refractivity contribution in [2.75, 3.05) is 19.3 Å².